The van der Waals surface area contributed by atoms with E-state index in [1.165, 1.54) is 0 Å². The van der Waals surface area contributed by atoms with Crippen LogP contribution in [-0.2, 0) is 18.9 Å². The lowest BCUT2D eigenvalue weighted by Crippen LogP contribution is -2.27. The molecule has 0 bridgehead atoms. The van der Waals surface area contributed by atoms with Gasteiger partial charge in [-0.15, -0.1) is 0 Å². The fraction of sp³-hybridized carbons (Fsp3) is 0.909. The monoisotopic (exact) mass is 250 g/mol. The largest absolute Gasteiger partial charge is 0.506 e. The van der Waals surface area contributed by atoms with Crippen molar-refractivity contribution in [2.75, 3.05) is 26.9 Å². The first-order valence-corrected chi connectivity index (χ1v) is 5.57. The second-order valence-electron chi connectivity index (χ2n) is 3.94. The van der Waals surface area contributed by atoms with Gasteiger partial charge in [-0.1, -0.05) is 0 Å². The van der Waals surface area contributed by atoms with Gasteiger partial charge in [-0.2, -0.15) is 0 Å². The fourth-order valence-electron chi connectivity index (χ4n) is 1.14. The van der Waals surface area contributed by atoms with Crippen molar-refractivity contribution in [2.24, 2.45) is 0 Å². The molecule has 0 saturated carbocycles. The van der Waals surface area contributed by atoms with E-state index in [-0.39, 0.29) is 18.8 Å². The highest BCUT2D eigenvalue weighted by molar-refractivity contribution is 5.56. The van der Waals surface area contributed by atoms with E-state index in [2.05, 4.69) is 4.74 Å². The molecule has 6 heteroatoms. The van der Waals surface area contributed by atoms with E-state index in [4.69, 9.17) is 19.3 Å². The van der Waals surface area contributed by atoms with E-state index in [0.29, 0.717) is 13.2 Å². The topological polar surface area (TPSA) is 74.2 Å². The van der Waals surface area contributed by atoms with E-state index in [0.717, 1.165) is 0 Å². The molecule has 0 rings (SSSR count). The molecule has 0 radical (unpaired) electrons. The van der Waals surface area contributed by atoms with Crippen molar-refractivity contribution in [1.29, 1.82) is 0 Å². The highest BCUT2D eigenvalue weighted by Gasteiger charge is 2.11. The lowest BCUT2D eigenvalue weighted by Gasteiger charge is -2.18. The summed E-state index contributed by atoms with van der Waals surface area (Å²) in [4.78, 5) is 10.2. The van der Waals surface area contributed by atoms with Gasteiger partial charge >= 0.3 is 6.16 Å². The van der Waals surface area contributed by atoms with Gasteiger partial charge in [-0.25, -0.2) is 4.79 Å². The summed E-state index contributed by atoms with van der Waals surface area (Å²) in [6.45, 7) is 6.58. The molecule has 1 N–H and O–H groups in total. The van der Waals surface area contributed by atoms with Crippen LogP contribution in [0, 0.1) is 0 Å². The highest BCUT2D eigenvalue weighted by Crippen LogP contribution is 2.00. The predicted octanol–water partition coefficient (Wildman–Crippen LogP) is 1.53. The Kier molecular flexibility index (Phi) is 8.75. The van der Waals surface area contributed by atoms with Crippen LogP contribution in [0.4, 0.5) is 4.79 Å². The summed E-state index contributed by atoms with van der Waals surface area (Å²) in [7, 11) is 1.62. The maximum atomic E-state index is 10.2. The first kappa shape index (κ1) is 16.1. The molecule has 102 valence electrons. The Morgan fingerprint density at radius 2 is 1.47 bits per heavy atom. The van der Waals surface area contributed by atoms with Gasteiger partial charge in [0.15, 0.2) is 0 Å². The third kappa shape index (κ3) is 10.0. The predicted molar refractivity (Wildman–Crippen MR) is 61.3 cm³/mol. The van der Waals surface area contributed by atoms with Crippen molar-refractivity contribution in [1.82, 2.24) is 0 Å². The second kappa shape index (κ2) is 9.21. The van der Waals surface area contributed by atoms with Crippen molar-refractivity contribution in [2.45, 2.75) is 39.1 Å². The Bertz CT molecular complexity index is 208. The molecule has 0 aromatic rings. The van der Waals surface area contributed by atoms with Gasteiger partial charge in [0.1, 0.15) is 6.10 Å². The van der Waals surface area contributed by atoms with E-state index in [1.54, 1.807) is 14.0 Å². The van der Waals surface area contributed by atoms with Crippen LogP contribution in [0.5, 0.6) is 0 Å². The Morgan fingerprint density at radius 1 is 1.00 bits per heavy atom. The minimum absolute atomic E-state index is 0.0127. The van der Waals surface area contributed by atoms with Gasteiger partial charge in [0.05, 0.1) is 32.0 Å². The molecule has 17 heavy (non-hydrogen) atoms. The van der Waals surface area contributed by atoms with Crippen molar-refractivity contribution < 1.29 is 28.8 Å². The smallest absolute Gasteiger partial charge is 0.450 e. The van der Waals surface area contributed by atoms with Gasteiger partial charge in [0, 0.05) is 7.11 Å². The normalized spacial score (nSPS) is 16.2. The number of methoxy groups -OCH3 is 1. The maximum absolute atomic E-state index is 10.2. The number of carboxylic acid groups (broad SMARTS) is 1. The summed E-state index contributed by atoms with van der Waals surface area (Å²) in [6, 6.07) is 0. The van der Waals surface area contributed by atoms with Crippen LogP contribution in [0.15, 0.2) is 0 Å². The zero-order chi connectivity index (χ0) is 13.3. The summed E-state index contributed by atoms with van der Waals surface area (Å²) >= 11 is 0. The first-order valence-electron chi connectivity index (χ1n) is 5.57. The second-order valence-corrected chi connectivity index (χ2v) is 3.94. The number of hydrogen-bond donors (Lipinski definition) is 1. The van der Waals surface area contributed by atoms with Gasteiger partial charge in [-0.05, 0) is 20.8 Å². The lowest BCUT2D eigenvalue weighted by molar-refractivity contribution is -0.0704. The average Bonchev–Trinajstić information content (AvgIpc) is 2.23. The SMILES string of the molecule is COCC(C)OCC(C)OCC(C)OC(=O)O. The summed E-state index contributed by atoms with van der Waals surface area (Å²) in [5.41, 5.74) is 0. The zero-order valence-corrected chi connectivity index (χ0v) is 10.8. The average molecular weight is 250 g/mol. The minimum Gasteiger partial charge on any atom is -0.450 e. The molecule has 3 unspecified atom stereocenters. The molecular weight excluding hydrogens is 228 g/mol. The summed E-state index contributed by atoms with van der Waals surface area (Å²) in [5, 5.41) is 8.37. The van der Waals surface area contributed by atoms with Crippen LogP contribution >= 0.6 is 0 Å². The minimum atomic E-state index is -1.29. The van der Waals surface area contributed by atoms with Crippen molar-refractivity contribution in [3.8, 4) is 0 Å². The molecule has 0 spiro atoms. The number of carbonyl (C=O) groups is 1. The van der Waals surface area contributed by atoms with Crippen LogP contribution in [0.3, 0.4) is 0 Å². The molecule has 0 heterocycles. The molecule has 0 fully saturated rings. The Hall–Kier alpha value is -0.850. The molecule has 0 aliphatic carbocycles. The van der Waals surface area contributed by atoms with Gasteiger partial charge in [-0.3, -0.25) is 0 Å². The van der Waals surface area contributed by atoms with E-state index in [1.807, 2.05) is 13.8 Å². The quantitative estimate of drug-likeness (QED) is 0.625. The first-order chi connectivity index (χ1) is 7.95. The van der Waals surface area contributed by atoms with Crippen molar-refractivity contribution in [3.05, 3.63) is 0 Å². The van der Waals surface area contributed by atoms with Gasteiger partial charge < -0.3 is 24.1 Å². The number of ether oxygens (including phenoxy) is 4. The Labute approximate surface area is 102 Å². The fourth-order valence-corrected chi connectivity index (χ4v) is 1.14. The van der Waals surface area contributed by atoms with Crippen LogP contribution in [-0.4, -0.2) is 56.5 Å². The third-order valence-electron chi connectivity index (χ3n) is 1.93. The molecule has 0 aliphatic heterocycles. The highest BCUT2D eigenvalue weighted by atomic mass is 16.7. The van der Waals surface area contributed by atoms with Crippen molar-refractivity contribution in [3.63, 3.8) is 0 Å². The lowest BCUT2D eigenvalue weighted by atomic mass is 10.4. The molecule has 3 atom stereocenters. The molecule has 0 aliphatic rings. The van der Waals surface area contributed by atoms with E-state index >= 15 is 0 Å². The van der Waals surface area contributed by atoms with E-state index < -0.39 is 12.3 Å². The zero-order valence-electron chi connectivity index (χ0n) is 10.8. The molecule has 0 saturated heterocycles. The summed E-state index contributed by atoms with van der Waals surface area (Å²) < 4.78 is 20.3. The molecule has 6 nitrogen and oxygen atoms in total. The van der Waals surface area contributed by atoms with Gasteiger partial charge in [0.25, 0.3) is 0 Å². The Morgan fingerprint density at radius 3 is 1.94 bits per heavy atom. The van der Waals surface area contributed by atoms with E-state index in [9.17, 15) is 4.79 Å². The van der Waals surface area contributed by atoms with Gasteiger partial charge in [0.2, 0.25) is 0 Å². The Balaban J connectivity index is 3.58. The molecule has 0 aromatic heterocycles. The third-order valence-corrected chi connectivity index (χ3v) is 1.93. The van der Waals surface area contributed by atoms with Crippen LogP contribution < -0.4 is 0 Å². The van der Waals surface area contributed by atoms with Crippen LogP contribution in [0.25, 0.3) is 0 Å². The number of hydrogen-bond acceptors (Lipinski definition) is 5. The summed E-state index contributed by atoms with van der Waals surface area (Å²) in [5.74, 6) is 0. The summed E-state index contributed by atoms with van der Waals surface area (Å²) in [6.07, 6.45) is -1.88. The maximum Gasteiger partial charge on any atom is 0.506 e. The van der Waals surface area contributed by atoms with Crippen LogP contribution in [0.1, 0.15) is 20.8 Å². The van der Waals surface area contributed by atoms with Crippen molar-refractivity contribution >= 4 is 6.16 Å². The molecule has 0 amide bonds. The molecule has 0 aromatic carbocycles. The standard InChI is InChI=1S/C11H22O6/c1-8(5-14-4)15-6-9(2)16-7-10(3)17-11(12)13/h8-10H,5-7H2,1-4H3,(H,12,13). The number of rotatable bonds is 9. The molecular formula is C11H22O6. The van der Waals surface area contributed by atoms with Crippen LogP contribution in [0.2, 0.25) is 0 Å².